The number of aliphatic carboxylic acids is 1. The molecule has 0 saturated carbocycles. The molecule has 2 aromatic rings. The average molecular weight is 322 g/mol. The van der Waals surface area contributed by atoms with E-state index in [2.05, 4.69) is 22.5 Å². The quantitative estimate of drug-likeness (QED) is 0.872. The molecule has 0 spiro atoms. The van der Waals surface area contributed by atoms with Gasteiger partial charge in [-0.1, -0.05) is 23.9 Å². The second-order valence-corrected chi connectivity index (χ2v) is 7.35. The van der Waals surface area contributed by atoms with Crippen molar-refractivity contribution in [2.45, 2.75) is 31.0 Å². The first-order chi connectivity index (χ1) is 10.2. The first-order valence-electron chi connectivity index (χ1n) is 7.06. The Balaban J connectivity index is 2.07. The zero-order valence-corrected chi connectivity index (χ0v) is 13.5. The van der Waals surface area contributed by atoms with Crippen molar-refractivity contribution in [2.24, 2.45) is 0 Å². The molecule has 21 heavy (non-hydrogen) atoms. The number of hydrogen-bond donors (Lipinski definition) is 1. The molecule has 1 atom stereocenters. The third kappa shape index (κ3) is 3.06. The molecule has 4 nitrogen and oxygen atoms in total. The lowest BCUT2D eigenvalue weighted by molar-refractivity contribution is -0.133. The van der Waals surface area contributed by atoms with Crippen molar-refractivity contribution in [1.82, 2.24) is 9.55 Å². The Morgan fingerprint density at radius 1 is 1.57 bits per heavy atom. The van der Waals surface area contributed by atoms with Crippen LogP contribution in [0.4, 0.5) is 0 Å². The van der Waals surface area contributed by atoms with E-state index in [0.717, 1.165) is 28.4 Å². The number of benzene rings is 1. The highest BCUT2D eigenvalue weighted by Gasteiger charge is 2.23. The van der Waals surface area contributed by atoms with Gasteiger partial charge in [-0.2, -0.15) is 11.8 Å². The zero-order chi connectivity index (χ0) is 14.8. The van der Waals surface area contributed by atoms with E-state index in [1.54, 1.807) is 0 Å². The topological polar surface area (TPSA) is 55.1 Å². The Bertz CT molecular complexity index is 663. The van der Waals surface area contributed by atoms with Gasteiger partial charge < -0.3 is 9.67 Å². The molecule has 1 fully saturated rings. The highest BCUT2D eigenvalue weighted by Crippen LogP contribution is 2.35. The van der Waals surface area contributed by atoms with E-state index in [1.165, 1.54) is 29.5 Å². The molecule has 3 rings (SSSR count). The number of para-hydroxylation sites is 1. The number of carboxylic acid groups (broad SMARTS) is 1. The van der Waals surface area contributed by atoms with Crippen LogP contribution in [-0.2, 0) is 4.79 Å². The Kier molecular flexibility index (Phi) is 4.45. The molecule has 112 valence electrons. The van der Waals surface area contributed by atoms with Crippen LogP contribution in [0.2, 0.25) is 0 Å². The van der Waals surface area contributed by atoms with Crippen LogP contribution in [-0.4, -0.2) is 37.9 Å². The molecule has 1 aliphatic rings. The summed E-state index contributed by atoms with van der Waals surface area (Å²) in [6.45, 7) is 2.10. The second-order valence-electron chi connectivity index (χ2n) is 5.26. The predicted octanol–water partition coefficient (Wildman–Crippen LogP) is 3.59. The van der Waals surface area contributed by atoms with Crippen LogP contribution >= 0.6 is 23.5 Å². The summed E-state index contributed by atoms with van der Waals surface area (Å²) in [5.41, 5.74) is 3.34. The molecule has 0 radical (unpaired) electrons. The number of imidazole rings is 1. The molecule has 0 amide bonds. The lowest BCUT2D eigenvalue weighted by atomic mass is 10.1. The van der Waals surface area contributed by atoms with Crippen LogP contribution in [0.1, 0.15) is 24.4 Å². The van der Waals surface area contributed by atoms with E-state index in [1.807, 2.05) is 23.9 Å². The highest BCUT2D eigenvalue weighted by atomic mass is 32.2. The normalized spacial score (nSPS) is 19.0. The summed E-state index contributed by atoms with van der Waals surface area (Å²) in [5.74, 6) is 1.57. The molecule has 1 unspecified atom stereocenters. The summed E-state index contributed by atoms with van der Waals surface area (Å²) >= 11 is 3.30. The number of thioether (sulfide) groups is 2. The summed E-state index contributed by atoms with van der Waals surface area (Å²) in [6, 6.07) is 6.55. The van der Waals surface area contributed by atoms with Crippen molar-refractivity contribution >= 4 is 40.5 Å². The van der Waals surface area contributed by atoms with Gasteiger partial charge in [0.15, 0.2) is 5.16 Å². The Hall–Kier alpha value is -1.14. The molecule has 0 aliphatic carbocycles. The van der Waals surface area contributed by atoms with Crippen LogP contribution in [0.15, 0.2) is 23.4 Å². The minimum atomic E-state index is -0.798. The summed E-state index contributed by atoms with van der Waals surface area (Å²) in [4.78, 5) is 15.6. The van der Waals surface area contributed by atoms with Crippen LogP contribution in [0, 0.1) is 6.92 Å². The summed E-state index contributed by atoms with van der Waals surface area (Å²) < 4.78 is 2.28. The van der Waals surface area contributed by atoms with Crippen molar-refractivity contribution in [3.8, 4) is 0 Å². The minimum absolute atomic E-state index is 0.0578. The Morgan fingerprint density at radius 3 is 3.14 bits per heavy atom. The first kappa shape index (κ1) is 14.8. The van der Waals surface area contributed by atoms with Crippen molar-refractivity contribution < 1.29 is 9.90 Å². The lowest BCUT2D eigenvalue weighted by Gasteiger charge is -2.25. The maximum absolute atomic E-state index is 10.9. The molecule has 1 aliphatic heterocycles. The van der Waals surface area contributed by atoms with Crippen LogP contribution < -0.4 is 0 Å². The summed E-state index contributed by atoms with van der Waals surface area (Å²) in [5, 5.41) is 9.79. The molecule has 0 bridgehead atoms. The van der Waals surface area contributed by atoms with Gasteiger partial charge in [0.05, 0.1) is 16.8 Å². The molecular formula is C15H18N2O2S2. The minimum Gasteiger partial charge on any atom is -0.481 e. The van der Waals surface area contributed by atoms with Gasteiger partial charge in [0.1, 0.15) is 0 Å². The third-order valence-electron chi connectivity index (χ3n) is 3.71. The number of hydrogen-bond acceptors (Lipinski definition) is 4. The average Bonchev–Trinajstić information content (AvgIpc) is 2.86. The van der Waals surface area contributed by atoms with E-state index in [-0.39, 0.29) is 5.75 Å². The molecule has 1 N–H and O–H groups in total. The zero-order valence-electron chi connectivity index (χ0n) is 11.9. The van der Waals surface area contributed by atoms with Gasteiger partial charge in [-0.3, -0.25) is 4.79 Å². The maximum atomic E-state index is 10.9. The van der Waals surface area contributed by atoms with E-state index in [0.29, 0.717) is 6.04 Å². The van der Waals surface area contributed by atoms with E-state index in [9.17, 15) is 4.79 Å². The number of carboxylic acids is 1. The second kappa shape index (κ2) is 6.32. The van der Waals surface area contributed by atoms with Gasteiger partial charge in [0.2, 0.25) is 0 Å². The van der Waals surface area contributed by atoms with E-state index >= 15 is 0 Å². The lowest BCUT2D eigenvalue weighted by Crippen LogP contribution is -2.17. The fourth-order valence-electron chi connectivity index (χ4n) is 2.79. The molecule has 2 heterocycles. The van der Waals surface area contributed by atoms with E-state index < -0.39 is 5.97 Å². The van der Waals surface area contributed by atoms with Crippen LogP contribution in [0.3, 0.4) is 0 Å². The molecule has 1 saturated heterocycles. The Labute approximate surface area is 132 Å². The van der Waals surface area contributed by atoms with E-state index in [4.69, 9.17) is 5.11 Å². The fourth-order valence-corrected chi connectivity index (χ4v) is 4.71. The third-order valence-corrected chi connectivity index (χ3v) is 5.84. The van der Waals surface area contributed by atoms with Crippen molar-refractivity contribution in [3.63, 3.8) is 0 Å². The van der Waals surface area contributed by atoms with Gasteiger partial charge in [-0.25, -0.2) is 4.98 Å². The fraction of sp³-hybridized carbons (Fsp3) is 0.467. The van der Waals surface area contributed by atoms with Gasteiger partial charge in [0, 0.05) is 11.8 Å². The number of rotatable bonds is 4. The summed E-state index contributed by atoms with van der Waals surface area (Å²) in [7, 11) is 0. The monoisotopic (exact) mass is 322 g/mol. The van der Waals surface area contributed by atoms with Gasteiger partial charge in [0.25, 0.3) is 0 Å². The predicted molar refractivity (Wildman–Crippen MR) is 88.4 cm³/mol. The molecular weight excluding hydrogens is 304 g/mol. The SMILES string of the molecule is Cc1cccc2nc(SCC(=O)O)n(C3CCCSC3)c12. The first-order valence-corrected chi connectivity index (χ1v) is 9.20. The molecule has 1 aromatic heterocycles. The number of nitrogens with zero attached hydrogens (tertiary/aromatic N) is 2. The van der Waals surface area contributed by atoms with Crippen LogP contribution in [0.5, 0.6) is 0 Å². The molecule has 1 aromatic carbocycles. The van der Waals surface area contributed by atoms with Gasteiger partial charge in [-0.05, 0) is 37.1 Å². The number of fused-ring (bicyclic) bond motifs is 1. The van der Waals surface area contributed by atoms with Gasteiger partial charge >= 0.3 is 5.97 Å². The van der Waals surface area contributed by atoms with Crippen molar-refractivity contribution in [2.75, 3.05) is 17.3 Å². The maximum Gasteiger partial charge on any atom is 0.313 e. The van der Waals surface area contributed by atoms with Gasteiger partial charge in [-0.15, -0.1) is 0 Å². The van der Waals surface area contributed by atoms with Crippen LogP contribution in [0.25, 0.3) is 11.0 Å². The standard InChI is InChI=1S/C15H18N2O2S2/c1-10-4-2-6-12-14(10)17(11-5-3-7-20-8-11)15(16-12)21-9-13(18)19/h2,4,6,11H,3,5,7-9H2,1H3,(H,18,19). The Morgan fingerprint density at radius 2 is 2.43 bits per heavy atom. The molecule has 6 heteroatoms. The number of carbonyl (C=O) groups is 1. The number of aryl methyl sites for hydroxylation is 1. The largest absolute Gasteiger partial charge is 0.481 e. The van der Waals surface area contributed by atoms with Crippen molar-refractivity contribution in [3.05, 3.63) is 23.8 Å². The smallest absolute Gasteiger partial charge is 0.313 e. The summed E-state index contributed by atoms with van der Waals surface area (Å²) in [6.07, 6.45) is 2.36. The van der Waals surface area contributed by atoms with Crippen molar-refractivity contribution in [1.29, 1.82) is 0 Å². The number of aromatic nitrogens is 2. The highest BCUT2D eigenvalue weighted by molar-refractivity contribution is 8.00.